The summed E-state index contributed by atoms with van der Waals surface area (Å²) in [5.41, 5.74) is 6.47. The van der Waals surface area contributed by atoms with Crippen LogP contribution in [0.5, 0.6) is 0 Å². The average Bonchev–Trinajstić information content (AvgIpc) is 2.36. The standard InChI is InChI=1S/C13H17N3O2/c1-13(2)8-15-12(18)16(11(13)17)10-5-3-9(7-14)4-6-10/h3-6H,7-8,14H2,1-2H3,(H,15,18). The predicted octanol–water partition coefficient (Wildman–Crippen LogP) is 1.23. The topological polar surface area (TPSA) is 75.4 Å². The smallest absolute Gasteiger partial charge is 0.328 e. The number of carbonyl (C=O) groups is 2. The Morgan fingerprint density at radius 2 is 1.89 bits per heavy atom. The van der Waals surface area contributed by atoms with Gasteiger partial charge in [0.1, 0.15) is 0 Å². The van der Waals surface area contributed by atoms with Crippen molar-refractivity contribution in [1.82, 2.24) is 5.32 Å². The van der Waals surface area contributed by atoms with E-state index in [1.165, 1.54) is 4.90 Å². The van der Waals surface area contributed by atoms with Crippen molar-refractivity contribution in [3.8, 4) is 0 Å². The average molecular weight is 247 g/mol. The van der Waals surface area contributed by atoms with Crippen LogP contribution in [-0.2, 0) is 11.3 Å². The van der Waals surface area contributed by atoms with Gasteiger partial charge in [-0.1, -0.05) is 12.1 Å². The molecule has 0 aromatic heterocycles. The molecule has 2 rings (SSSR count). The quantitative estimate of drug-likeness (QED) is 0.825. The zero-order chi connectivity index (χ0) is 13.3. The summed E-state index contributed by atoms with van der Waals surface area (Å²) < 4.78 is 0. The normalized spacial score (nSPS) is 18.7. The monoisotopic (exact) mass is 247 g/mol. The number of hydrogen-bond donors (Lipinski definition) is 2. The summed E-state index contributed by atoms with van der Waals surface area (Å²) in [5.74, 6) is -0.188. The van der Waals surface area contributed by atoms with Crippen LogP contribution in [0.3, 0.4) is 0 Å². The molecular formula is C13H17N3O2. The van der Waals surface area contributed by atoms with Crippen LogP contribution in [0.2, 0.25) is 0 Å². The third kappa shape index (κ3) is 2.09. The van der Waals surface area contributed by atoms with Crippen LogP contribution in [0, 0.1) is 5.41 Å². The van der Waals surface area contributed by atoms with Crippen LogP contribution in [0.1, 0.15) is 19.4 Å². The maximum Gasteiger partial charge on any atom is 0.328 e. The molecule has 5 heteroatoms. The number of urea groups is 1. The Labute approximate surface area is 106 Å². The van der Waals surface area contributed by atoms with E-state index in [0.29, 0.717) is 18.8 Å². The van der Waals surface area contributed by atoms with Crippen LogP contribution in [0.4, 0.5) is 10.5 Å². The molecule has 1 saturated heterocycles. The van der Waals surface area contributed by atoms with Gasteiger partial charge in [-0.3, -0.25) is 4.79 Å². The van der Waals surface area contributed by atoms with E-state index < -0.39 is 5.41 Å². The second kappa shape index (κ2) is 4.42. The number of carbonyl (C=O) groups excluding carboxylic acids is 2. The number of nitrogens with zero attached hydrogens (tertiary/aromatic N) is 1. The molecule has 0 unspecified atom stereocenters. The van der Waals surface area contributed by atoms with E-state index in [-0.39, 0.29) is 11.9 Å². The minimum absolute atomic E-state index is 0.188. The van der Waals surface area contributed by atoms with Gasteiger partial charge >= 0.3 is 6.03 Å². The van der Waals surface area contributed by atoms with Gasteiger partial charge in [-0.15, -0.1) is 0 Å². The lowest BCUT2D eigenvalue weighted by Crippen LogP contribution is -2.59. The SMILES string of the molecule is CC1(C)CNC(=O)N(c2ccc(CN)cc2)C1=O. The van der Waals surface area contributed by atoms with Crippen molar-refractivity contribution >= 4 is 17.6 Å². The van der Waals surface area contributed by atoms with E-state index in [1.807, 2.05) is 26.0 Å². The highest BCUT2D eigenvalue weighted by Crippen LogP contribution is 2.27. The maximum absolute atomic E-state index is 12.3. The Hall–Kier alpha value is -1.88. The zero-order valence-electron chi connectivity index (χ0n) is 10.6. The molecule has 1 heterocycles. The number of rotatable bonds is 2. The fourth-order valence-corrected chi connectivity index (χ4v) is 1.86. The predicted molar refractivity (Wildman–Crippen MR) is 69.0 cm³/mol. The fourth-order valence-electron chi connectivity index (χ4n) is 1.86. The van der Waals surface area contributed by atoms with Gasteiger partial charge in [0.05, 0.1) is 11.1 Å². The highest BCUT2D eigenvalue weighted by atomic mass is 16.2. The van der Waals surface area contributed by atoms with Gasteiger partial charge in [-0.05, 0) is 31.5 Å². The highest BCUT2D eigenvalue weighted by molar-refractivity contribution is 6.17. The Kier molecular flexibility index (Phi) is 3.09. The van der Waals surface area contributed by atoms with Gasteiger partial charge in [0, 0.05) is 13.1 Å². The Balaban J connectivity index is 2.34. The first-order valence-corrected chi connectivity index (χ1v) is 5.87. The van der Waals surface area contributed by atoms with Crippen LogP contribution in [-0.4, -0.2) is 18.5 Å². The van der Waals surface area contributed by atoms with Gasteiger partial charge in [0.25, 0.3) is 0 Å². The second-order valence-electron chi connectivity index (χ2n) is 5.05. The molecule has 1 aliphatic heterocycles. The van der Waals surface area contributed by atoms with Crippen molar-refractivity contribution in [3.05, 3.63) is 29.8 Å². The molecule has 5 nitrogen and oxygen atoms in total. The molecule has 1 aromatic rings. The summed E-state index contributed by atoms with van der Waals surface area (Å²) >= 11 is 0. The van der Waals surface area contributed by atoms with E-state index in [4.69, 9.17) is 5.73 Å². The highest BCUT2D eigenvalue weighted by Gasteiger charge is 2.40. The fraction of sp³-hybridized carbons (Fsp3) is 0.385. The molecule has 0 radical (unpaired) electrons. The first-order valence-electron chi connectivity index (χ1n) is 5.87. The van der Waals surface area contributed by atoms with E-state index in [1.54, 1.807) is 12.1 Å². The molecule has 0 bridgehead atoms. The summed E-state index contributed by atoms with van der Waals surface area (Å²) in [4.78, 5) is 25.3. The third-order valence-corrected chi connectivity index (χ3v) is 3.10. The molecule has 1 aliphatic rings. The van der Waals surface area contributed by atoms with Crippen molar-refractivity contribution in [1.29, 1.82) is 0 Å². The molecule has 0 atom stereocenters. The molecule has 1 fully saturated rings. The third-order valence-electron chi connectivity index (χ3n) is 3.10. The first-order chi connectivity index (χ1) is 8.45. The van der Waals surface area contributed by atoms with Crippen molar-refractivity contribution in [2.45, 2.75) is 20.4 Å². The van der Waals surface area contributed by atoms with Crippen LogP contribution in [0.25, 0.3) is 0 Å². The number of benzene rings is 1. The summed E-state index contributed by atoms with van der Waals surface area (Å²) in [6.07, 6.45) is 0. The van der Waals surface area contributed by atoms with Crippen molar-refractivity contribution in [2.75, 3.05) is 11.4 Å². The molecule has 18 heavy (non-hydrogen) atoms. The number of anilines is 1. The van der Waals surface area contributed by atoms with Gasteiger partial charge in [-0.25, -0.2) is 9.69 Å². The van der Waals surface area contributed by atoms with E-state index >= 15 is 0 Å². The van der Waals surface area contributed by atoms with Gasteiger partial charge in [0.2, 0.25) is 5.91 Å². The molecular weight excluding hydrogens is 230 g/mol. The Bertz CT molecular complexity index is 480. The van der Waals surface area contributed by atoms with E-state index in [2.05, 4.69) is 5.32 Å². The Morgan fingerprint density at radius 1 is 1.28 bits per heavy atom. The number of hydrogen-bond acceptors (Lipinski definition) is 3. The molecule has 96 valence electrons. The van der Waals surface area contributed by atoms with E-state index in [0.717, 1.165) is 5.56 Å². The number of imide groups is 1. The van der Waals surface area contributed by atoms with Crippen LogP contribution < -0.4 is 16.0 Å². The molecule has 3 amide bonds. The largest absolute Gasteiger partial charge is 0.336 e. The number of amides is 3. The summed E-state index contributed by atoms with van der Waals surface area (Å²) in [5, 5.41) is 2.72. The number of nitrogens with one attached hydrogen (secondary N) is 1. The molecule has 0 spiro atoms. The minimum Gasteiger partial charge on any atom is -0.336 e. The van der Waals surface area contributed by atoms with E-state index in [9.17, 15) is 9.59 Å². The molecule has 0 aliphatic carbocycles. The minimum atomic E-state index is -0.583. The molecule has 1 aromatic carbocycles. The molecule has 0 saturated carbocycles. The second-order valence-corrected chi connectivity index (χ2v) is 5.05. The van der Waals surface area contributed by atoms with Crippen molar-refractivity contribution in [3.63, 3.8) is 0 Å². The lowest BCUT2D eigenvalue weighted by atomic mass is 9.89. The summed E-state index contributed by atoms with van der Waals surface area (Å²) in [7, 11) is 0. The summed E-state index contributed by atoms with van der Waals surface area (Å²) in [6.45, 7) is 4.43. The van der Waals surface area contributed by atoms with Crippen LogP contribution in [0.15, 0.2) is 24.3 Å². The number of nitrogens with two attached hydrogens (primary N) is 1. The lowest BCUT2D eigenvalue weighted by molar-refractivity contribution is -0.126. The van der Waals surface area contributed by atoms with Gasteiger partial charge < -0.3 is 11.1 Å². The van der Waals surface area contributed by atoms with Crippen LogP contribution >= 0.6 is 0 Å². The van der Waals surface area contributed by atoms with Gasteiger partial charge in [0.15, 0.2) is 0 Å². The first kappa shape index (κ1) is 12.6. The van der Waals surface area contributed by atoms with Crippen molar-refractivity contribution < 1.29 is 9.59 Å². The van der Waals surface area contributed by atoms with Gasteiger partial charge in [-0.2, -0.15) is 0 Å². The Morgan fingerprint density at radius 3 is 2.44 bits per heavy atom. The van der Waals surface area contributed by atoms with Crippen molar-refractivity contribution in [2.24, 2.45) is 11.1 Å². The lowest BCUT2D eigenvalue weighted by Gasteiger charge is -2.36. The maximum atomic E-state index is 12.3. The summed E-state index contributed by atoms with van der Waals surface area (Å²) in [6, 6.07) is 6.73. The molecule has 3 N–H and O–H groups in total. The zero-order valence-corrected chi connectivity index (χ0v) is 10.6.